The van der Waals surface area contributed by atoms with Crippen LogP contribution >= 0.6 is 11.6 Å². The van der Waals surface area contributed by atoms with E-state index in [1.807, 2.05) is 25.1 Å². The summed E-state index contributed by atoms with van der Waals surface area (Å²) < 4.78 is 5.36. The third kappa shape index (κ3) is 3.32. The highest BCUT2D eigenvalue weighted by molar-refractivity contribution is 6.30. The van der Waals surface area contributed by atoms with Gasteiger partial charge >= 0.3 is 0 Å². The topological polar surface area (TPSA) is 9.23 Å². The molecule has 88 valence electrons. The van der Waals surface area contributed by atoms with Crippen molar-refractivity contribution < 1.29 is 4.74 Å². The molecule has 0 spiro atoms. The van der Waals surface area contributed by atoms with Crippen LogP contribution in [0.15, 0.2) is 48.5 Å². The maximum absolute atomic E-state index is 5.97. The van der Waals surface area contributed by atoms with E-state index < -0.39 is 0 Å². The van der Waals surface area contributed by atoms with Crippen LogP contribution in [0.2, 0.25) is 5.02 Å². The van der Waals surface area contributed by atoms with Gasteiger partial charge < -0.3 is 4.74 Å². The number of halogens is 1. The van der Waals surface area contributed by atoms with Crippen LogP contribution in [0.5, 0.6) is 0 Å². The van der Waals surface area contributed by atoms with Gasteiger partial charge in [-0.1, -0.05) is 48.0 Å². The quantitative estimate of drug-likeness (QED) is 0.769. The largest absolute Gasteiger partial charge is 0.377 e. The Labute approximate surface area is 107 Å². The SMILES string of the molecule is CCOCc1ccc(-c2cccc(Cl)c2)cc1. The first-order chi connectivity index (χ1) is 8.29. The van der Waals surface area contributed by atoms with E-state index in [4.69, 9.17) is 16.3 Å². The van der Waals surface area contributed by atoms with Gasteiger partial charge in [0.1, 0.15) is 0 Å². The van der Waals surface area contributed by atoms with E-state index in [2.05, 4.69) is 30.3 Å². The van der Waals surface area contributed by atoms with Crippen LogP contribution in [-0.4, -0.2) is 6.61 Å². The molecular weight excluding hydrogens is 232 g/mol. The Hall–Kier alpha value is -1.31. The van der Waals surface area contributed by atoms with Gasteiger partial charge in [-0.15, -0.1) is 0 Å². The lowest BCUT2D eigenvalue weighted by molar-refractivity contribution is 0.134. The van der Waals surface area contributed by atoms with Crippen molar-refractivity contribution in [1.29, 1.82) is 0 Å². The first-order valence-electron chi connectivity index (χ1n) is 5.72. The molecule has 0 N–H and O–H groups in total. The number of ether oxygens (including phenoxy) is 1. The summed E-state index contributed by atoms with van der Waals surface area (Å²) in [6.45, 7) is 3.42. The summed E-state index contributed by atoms with van der Waals surface area (Å²) in [5.41, 5.74) is 3.51. The van der Waals surface area contributed by atoms with Crippen LogP contribution in [-0.2, 0) is 11.3 Å². The van der Waals surface area contributed by atoms with Crippen molar-refractivity contribution in [2.75, 3.05) is 6.61 Å². The smallest absolute Gasteiger partial charge is 0.0716 e. The lowest BCUT2D eigenvalue weighted by Crippen LogP contribution is -1.91. The molecule has 1 nitrogen and oxygen atoms in total. The van der Waals surface area contributed by atoms with Crippen molar-refractivity contribution in [1.82, 2.24) is 0 Å². The molecule has 0 atom stereocenters. The predicted octanol–water partition coefficient (Wildman–Crippen LogP) is 4.54. The summed E-state index contributed by atoms with van der Waals surface area (Å²) in [4.78, 5) is 0. The van der Waals surface area contributed by atoms with Crippen molar-refractivity contribution in [3.8, 4) is 11.1 Å². The molecule has 0 aromatic heterocycles. The number of hydrogen-bond donors (Lipinski definition) is 0. The molecule has 0 aliphatic heterocycles. The Morgan fingerprint density at radius 3 is 2.41 bits per heavy atom. The van der Waals surface area contributed by atoms with Gasteiger partial charge in [0.05, 0.1) is 6.61 Å². The van der Waals surface area contributed by atoms with Gasteiger partial charge in [-0.3, -0.25) is 0 Å². The van der Waals surface area contributed by atoms with Crippen LogP contribution in [0, 0.1) is 0 Å². The van der Waals surface area contributed by atoms with Crippen LogP contribution in [0.1, 0.15) is 12.5 Å². The molecule has 0 saturated heterocycles. The highest BCUT2D eigenvalue weighted by atomic mass is 35.5. The predicted molar refractivity (Wildman–Crippen MR) is 72.2 cm³/mol. The molecule has 17 heavy (non-hydrogen) atoms. The number of rotatable bonds is 4. The summed E-state index contributed by atoms with van der Waals surface area (Å²) in [5, 5.41) is 0.765. The number of benzene rings is 2. The van der Waals surface area contributed by atoms with Crippen molar-refractivity contribution in [3.05, 3.63) is 59.1 Å². The average molecular weight is 247 g/mol. The third-order valence-electron chi connectivity index (χ3n) is 2.58. The van der Waals surface area contributed by atoms with E-state index in [-0.39, 0.29) is 0 Å². The maximum atomic E-state index is 5.97. The second-order valence-corrected chi connectivity index (χ2v) is 4.28. The van der Waals surface area contributed by atoms with Crippen LogP contribution in [0.25, 0.3) is 11.1 Å². The Morgan fingerprint density at radius 2 is 1.76 bits per heavy atom. The molecule has 0 amide bonds. The molecule has 2 aromatic rings. The molecule has 0 bridgehead atoms. The molecular formula is C15H15ClO. The Morgan fingerprint density at radius 1 is 1.00 bits per heavy atom. The highest BCUT2D eigenvalue weighted by Crippen LogP contribution is 2.23. The minimum absolute atomic E-state index is 0.673. The fraction of sp³-hybridized carbons (Fsp3) is 0.200. The van der Waals surface area contributed by atoms with Crippen molar-refractivity contribution in [2.24, 2.45) is 0 Å². The molecule has 0 aliphatic carbocycles. The molecule has 0 saturated carbocycles. The fourth-order valence-electron chi connectivity index (χ4n) is 1.68. The zero-order valence-corrected chi connectivity index (χ0v) is 10.6. The summed E-state index contributed by atoms with van der Waals surface area (Å²) in [6.07, 6.45) is 0. The standard InChI is InChI=1S/C15H15ClO/c1-2-17-11-12-6-8-13(9-7-12)14-4-3-5-15(16)10-14/h3-10H,2,11H2,1H3. The van der Waals surface area contributed by atoms with E-state index in [0.29, 0.717) is 6.61 Å². The number of hydrogen-bond acceptors (Lipinski definition) is 1. The minimum atomic E-state index is 0.673. The van der Waals surface area contributed by atoms with Crippen molar-refractivity contribution in [2.45, 2.75) is 13.5 Å². The lowest BCUT2D eigenvalue weighted by Gasteiger charge is -2.05. The molecule has 0 heterocycles. The van der Waals surface area contributed by atoms with E-state index in [9.17, 15) is 0 Å². The Kier molecular flexibility index (Phi) is 4.18. The molecule has 2 heteroatoms. The lowest BCUT2D eigenvalue weighted by atomic mass is 10.0. The van der Waals surface area contributed by atoms with Gasteiger partial charge in [-0.2, -0.15) is 0 Å². The van der Waals surface area contributed by atoms with Crippen LogP contribution in [0.4, 0.5) is 0 Å². The normalized spacial score (nSPS) is 10.5. The van der Waals surface area contributed by atoms with E-state index >= 15 is 0 Å². The van der Waals surface area contributed by atoms with Crippen LogP contribution in [0.3, 0.4) is 0 Å². The van der Waals surface area contributed by atoms with Gasteiger partial charge in [0.25, 0.3) is 0 Å². The fourth-order valence-corrected chi connectivity index (χ4v) is 1.87. The van der Waals surface area contributed by atoms with Crippen molar-refractivity contribution >= 4 is 11.6 Å². The first-order valence-corrected chi connectivity index (χ1v) is 6.10. The summed E-state index contributed by atoms with van der Waals surface area (Å²) in [5.74, 6) is 0. The molecule has 2 rings (SSSR count). The van der Waals surface area contributed by atoms with Crippen molar-refractivity contribution in [3.63, 3.8) is 0 Å². The van der Waals surface area contributed by atoms with Gasteiger partial charge in [0.15, 0.2) is 0 Å². The third-order valence-corrected chi connectivity index (χ3v) is 2.82. The molecule has 0 radical (unpaired) electrons. The van der Waals surface area contributed by atoms with E-state index in [1.54, 1.807) is 0 Å². The first kappa shape index (κ1) is 12.2. The zero-order chi connectivity index (χ0) is 12.1. The zero-order valence-electron chi connectivity index (χ0n) is 9.82. The van der Waals surface area contributed by atoms with Gasteiger partial charge in [0.2, 0.25) is 0 Å². The van der Waals surface area contributed by atoms with Gasteiger partial charge in [-0.25, -0.2) is 0 Å². The van der Waals surface area contributed by atoms with E-state index in [1.165, 1.54) is 11.1 Å². The minimum Gasteiger partial charge on any atom is -0.377 e. The molecule has 0 fully saturated rings. The Balaban J connectivity index is 2.17. The maximum Gasteiger partial charge on any atom is 0.0716 e. The summed E-state index contributed by atoms with van der Waals surface area (Å²) in [7, 11) is 0. The van der Waals surface area contributed by atoms with E-state index in [0.717, 1.165) is 17.2 Å². The summed E-state index contributed by atoms with van der Waals surface area (Å²) in [6, 6.07) is 16.3. The highest BCUT2D eigenvalue weighted by Gasteiger charge is 1.99. The van der Waals surface area contributed by atoms with Gasteiger partial charge in [-0.05, 0) is 35.7 Å². The summed E-state index contributed by atoms with van der Waals surface area (Å²) >= 11 is 5.97. The second-order valence-electron chi connectivity index (χ2n) is 3.84. The van der Waals surface area contributed by atoms with Crippen LogP contribution < -0.4 is 0 Å². The van der Waals surface area contributed by atoms with Gasteiger partial charge in [0, 0.05) is 11.6 Å². The monoisotopic (exact) mass is 246 g/mol. The second kappa shape index (κ2) is 5.85. The average Bonchev–Trinajstić information content (AvgIpc) is 2.37. The molecule has 0 aliphatic rings. The molecule has 0 unspecified atom stereocenters. The Bertz CT molecular complexity index is 477. The molecule has 2 aromatic carbocycles.